The highest BCUT2D eigenvalue weighted by Crippen LogP contribution is 2.37. The monoisotopic (exact) mass is 270 g/mol. The van der Waals surface area contributed by atoms with E-state index in [1.54, 1.807) is 24.3 Å². The van der Waals surface area contributed by atoms with Crippen molar-refractivity contribution in [2.75, 3.05) is 6.79 Å². The maximum atomic E-state index is 7.59. The van der Waals surface area contributed by atoms with Crippen LogP contribution in [0.25, 0.3) is 0 Å². The largest absolute Gasteiger partial charge is 0.456 e. The van der Waals surface area contributed by atoms with Crippen LogP contribution in [0, 0.1) is 12.3 Å². The van der Waals surface area contributed by atoms with Gasteiger partial charge >= 0.3 is 0 Å². The Morgan fingerprint density at radius 2 is 1.95 bits per heavy atom. The Morgan fingerprint density at radius 1 is 1.15 bits per heavy atom. The first-order valence-electron chi connectivity index (χ1n) is 6.16. The van der Waals surface area contributed by atoms with Crippen molar-refractivity contribution in [3.8, 4) is 23.0 Å². The molecular weight excluding hydrogens is 256 g/mol. The molecule has 0 aromatic heterocycles. The summed E-state index contributed by atoms with van der Waals surface area (Å²) in [6.07, 6.45) is 0. The summed E-state index contributed by atoms with van der Waals surface area (Å²) in [6.45, 7) is 2.18. The van der Waals surface area contributed by atoms with Crippen molar-refractivity contribution in [2.24, 2.45) is 5.73 Å². The number of hydrogen-bond donors (Lipinski definition) is 2. The molecule has 1 aliphatic rings. The second-order valence-electron chi connectivity index (χ2n) is 4.53. The molecule has 0 amide bonds. The second kappa shape index (κ2) is 4.77. The van der Waals surface area contributed by atoms with E-state index < -0.39 is 0 Å². The van der Waals surface area contributed by atoms with Crippen LogP contribution in [0.1, 0.15) is 11.1 Å². The molecule has 20 heavy (non-hydrogen) atoms. The zero-order chi connectivity index (χ0) is 14.1. The van der Waals surface area contributed by atoms with Crippen molar-refractivity contribution in [2.45, 2.75) is 6.92 Å². The van der Waals surface area contributed by atoms with Crippen LogP contribution >= 0.6 is 0 Å². The lowest BCUT2D eigenvalue weighted by Crippen LogP contribution is -2.12. The van der Waals surface area contributed by atoms with Gasteiger partial charge in [-0.25, -0.2) is 0 Å². The van der Waals surface area contributed by atoms with E-state index in [0.29, 0.717) is 28.6 Å². The fourth-order valence-corrected chi connectivity index (χ4v) is 2.00. The Balaban J connectivity index is 1.95. The fourth-order valence-electron chi connectivity index (χ4n) is 2.00. The Labute approximate surface area is 116 Å². The van der Waals surface area contributed by atoms with Crippen LogP contribution < -0.4 is 19.9 Å². The Bertz CT molecular complexity index is 683. The molecule has 2 aromatic carbocycles. The van der Waals surface area contributed by atoms with Gasteiger partial charge in [0.25, 0.3) is 0 Å². The molecule has 0 fully saturated rings. The predicted octanol–water partition coefficient (Wildman–Crippen LogP) is 2.80. The highest BCUT2D eigenvalue weighted by molar-refractivity contribution is 5.97. The van der Waals surface area contributed by atoms with Gasteiger partial charge < -0.3 is 19.9 Å². The van der Waals surface area contributed by atoms with Crippen LogP contribution in [-0.4, -0.2) is 12.6 Å². The summed E-state index contributed by atoms with van der Waals surface area (Å²) in [6, 6.07) is 10.9. The second-order valence-corrected chi connectivity index (χ2v) is 4.53. The summed E-state index contributed by atoms with van der Waals surface area (Å²) in [5.41, 5.74) is 7.16. The SMILES string of the molecule is Cc1ccc(C(=N)N)c(Oc2ccc3c(c2)OCO3)c1. The summed E-state index contributed by atoms with van der Waals surface area (Å²) >= 11 is 0. The molecule has 1 heterocycles. The molecule has 102 valence electrons. The summed E-state index contributed by atoms with van der Waals surface area (Å²) in [4.78, 5) is 0. The number of ether oxygens (including phenoxy) is 3. The van der Waals surface area contributed by atoms with E-state index in [2.05, 4.69) is 0 Å². The van der Waals surface area contributed by atoms with Gasteiger partial charge in [0, 0.05) is 6.07 Å². The van der Waals surface area contributed by atoms with E-state index in [9.17, 15) is 0 Å². The standard InChI is InChI=1S/C15H14N2O3/c1-9-2-4-11(15(16)17)13(6-9)20-10-3-5-12-14(7-10)19-8-18-12/h2-7H,8H2,1H3,(H3,16,17). The molecular formula is C15H14N2O3. The molecule has 0 bridgehead atoms. The highest BCUT2D eigenvalue weighted by Gasteiger charge is 2.15. The van der Waals surface area contributed by atoms with Gasteiger partial charge in [0.15, 0.2) is 11.5 Å². The minimum absolute atomic E-state index is 0.0271. The van der Waals surface area contributed by atoms with Crippen molar-refractivity contribution >= 4 is 5.84 Å². The van der Waals surface area contributed by atoms with Crippen molar-refractivity contribution in [1.29, 1.82) is 5.41 Å². The molecule has 5 heteroatoms. The predicted molar refractivity (Wildman–Crippen MR) is 74.8 cm³/mol. The number of hydrogen-bond acceptors (Lipinski definition) is 4. The molecule has 0 saturated heterocycles. The van der Waals surface area contributed by atoms with Gasteiger partial charge in [-0.3, -0.25) is 5.41 Å². The average molecular weight is 270 g/mol. The van der Waals surface area contributed by atoms with E-state index in [0.717, 1.165) is 5.56 Å². The van der Waals surface area contributed by atoms with Crippen LogP contribution in [0.5, 0.6) is 23.0 Å². The minimum atomic E-state index is -0.0271. The van der Waals surface area contributed by atoms with Gasteiger partial charge in [-0.1, -0.05) is 6.07 Å². The number of fused-ring (bicyclic) bond motifs is 1. The van der Waals surface area contributed by atoms with Crippen molar-refractivity contribution < 1.29 is 14.2 Å². The number of nitrogens with one attached hydrogen (secondary N) is 1. The number of nitrogens with two attached hydrogens (primary N) is 1. The maximum absolute atomic E-state index is 7.59. The van der Waals surface area contributed by atoms with Gasteiger partial charge in [0.2, 0.25) is 6.79 Å². The Kier molecular flexibility index (Phi) is 2.95. The molecule has 5 nitrogen and oxygen atoms in total. The fraction of sp³-hybridized carbons (Fsp3) is 0.133. The number of rotatable bonds is 3. The third-order valence-corrected chi connectivity index (χ3v) is 3.00. The topological polar surface area (TPSA) is 77.6 Å². The summed E-state index contributed by atoms with van der Waals surface area (Å²) in [5, 5.41) is 7.59. The molecule has 1 aliphatic heterocycles. The first kappa shape index (κ1) is 12.3. The first-order chi connectivity index (χ1) is 9.63. The number of aryl methyl sites for hydroxylation is 1. The van der Waals surface area contributed by atoms with E-state index >= 15 is 0 Å². The van der Waals surface area contributed by atoms with Crippen LogP contribution in [0.3, 0.4) is 0 Å². The van der Waals surface area contributed by atoms with Crippen LogP contribution in [0.15, 0.2) is 36.4 Å². The van der Waals surface area contributed by atoms with E-state index in [-0.39, 0.29) is 12.6 Å². The summed E-state index contributed by atoms with van der Waals surface area (Å²) in [5.74, 6) is 2.49. The van der Waals surface area contributed by atoms with Gasteiger partial charge in [-0.15, -0.1) is 0 Å². The van der Waals surface area contributed by atoms with Crippen molar-refractivity contribution in [3.63, 3.8) is 0 Å². The Hall–Kier alpha value is -2.69. The summed E-state index contributed by atoms with van der Waals surface area (Å²) in [7, 11) is 0. The highest BCUT2D eigenvalue weighted by atomic mass is 16.7. The molecule has 3 N–H and O–H groups in total. The third kappa shape index (κ3) is 2.25. The number of benzene rings is 2. The van der Waals surface area contributed by atoms with Crippen LogP contribution in [0.4, 0.5) is 0 Å². The van der Waals surface area contributed by atoms with E-state index in [1.807, 2.05) is 19.1 Å². The number of amidine groups is 1. The quantitative estimate of drug-likeness (QED) is 0.664. The molecule has 0 unspecified atom stereocenters. The van der Waals surface area contributed by atoms with Gasteiger partial charge in [0.1, 0.15) is 17.3 Å². The molecule has 0 radical (unpaired) electrons. The Morgan fingerprint density at radius 3 is 2.75 bits per heavy atom. The van der Waals surface area contributed by atoms with Crippen molar-refractivity contribution in [3.05, 3.63) is 47.5 Å². The normalized spacial score (nSPS) is 12.2. The third-order valence-electron chi connectivity index (χ3n) is 3.00. The lowest BCUT2D eigenvalue weighted by Gasteiger charge is -2.11. The molecule has 0 atom stereocenters. The minimum Gasteiger partial charge on any atom is -0.456 e. The van der Waals surface area contributed by atoms with Gasteiger partial charge in [-0.2, -0.15) is 0 Å². The smallest absolute Gasteiger partial charge is 0.231 e. The van der Waals surface area contributed by atoms with E-state index in [4.69, 9.17) is 25.4 Å². The lowest BCUT2D eigenvalue weighted by molar-refractivity contribution is 0.174. The molecule has 0 aliphatic carbocycles. The first-order valence-corrected chi connectivity index (χ1v) is 6.16. The molecule has 0 saturated carbocycles. The molecule has 3 rings (SSSR count). The maximum Gasteiger partial charge on any atom is 0.231 e. The van der Waals surface area contributed by atoms with Crippen molar-refractivity contribution in [1.82, 2.24) is 0 Å². The average Bonchev–Trinajstić information content (AvgIpc) is 2.85. The lowest BCUT2D eigenvalue weighted by atomic mass is 10.1. The van der Waals surface area contributed by atoms with Crippen LogP contribution in [0.2, 0.25) is 0 Å². The zero-order valence-electron chi connectivity index (χ0n) is 11.0. The van der Waals surface area contributed by atoms with E-state index in [1.165, 1.54) is 0 Å². The number of nitrogen functional groups attached to an aromatic ring is 1. The van der Waals surface area contributed by atoms with Gasteiger partial charge in [0.05, 0.1) is 5.56 Å². The molecule has 0 spiro atoms. The van der Waals surface area contributed by atoms with Gasteiger partial charge in [-0.05, 0) is 36.8 Å². The zero-order valence-corrected chi connectivity index (χ0v) is 11.0. The van der Waals surface area contributed by atoms with Crippen LogP contribution in [-0.2, 0) is 0 Å². The molecule has 2 aromatic rings. The summed E-state index contributed by atoms with van der Waals surface area (Å²) < 4.78 is 16.4.